The lowest BCUT2D eigenvalue weighted by atomic mass is 9.75. The maximum atomic E-state index is 13.7. The van der Waals surface area contributed by atoms with E-state index in [1.54, 1.807) is 49.5 Å². The van der Waals surface area contributed by atoms with Crippen LogP contribution < -0.4 is 43.1 Å². The van der Waals surface area contributed by atoms with Gasteiger partial charge in [-0.2, -0.15) is 8.78 Å². The molecule has 3 aromatic carbocycles. The van der Waals surface area contributed by atoms with E-state index >= 15 is 0 Å². The van der Waals surface area contributed by atoms with Gasteiger partial charge in [-0.05, 0) is 78.9 Å². The average molecular weight is 737 g/mol. The third-order valence-corrected chi connectivity index (χ3v) is 7.53. The van der Waals surface area contributed by atoms with Crippen LogP contribution in [0.1, 0.15) is 24.0 Å². The van der Waals surface area contributed by atoms with Gasteiger partial charge < -0.3 is 31.9 Å². The number of nitrogens with one attached hydrogen (secondary N) is 5. The summed E-state index contributed by atoms with van der Waals surface area (Å²) in [7, 11) is 1.69. The highest BCUT2D eigenvalue weighted by atomic mass is 35.5. The molecule has 3 unspecified atom stereocenters. The maximum absolute atomic E-state index is 13.7. The summed E-state index contributed by atoms with van der Waals surface area (Å²) in [4.78, 5) is 22.9. The van der Waals surface area contributed by atoms with Gasteiger partial charge in [0.05, 0.1) is 6.54 Å². The number of carboxylic acid groups (broad SMARTS) is 1. The minimum absolute atomic E-state index is 0.0224. The lowest BCUT2D eigenvalue weighted by molar-refractivity contribution is -0.135. The van der Waals surface area contributed by atoms with Crippen LogP contribution in [-0.2, 0) is 15.1 Å². The molecule has 1 amide bonds. The van der Waals surface area contributed by atoms with Crippen molar-refractivity contribution in [1.29, 1.82) is 0 Å². The number of carboxylic acids is 1. The summed E-state index contributed by atoms with van der Waals surface area (Å²) in [6.45, 7) is 2.84. The number of thiocarbonyl (C=S) groups is 2. The molecule has 3 aromatic rings. The van der Waals surface area contributed by atoms with Crippen LogP contribution in [0.5, 0.6) is 5.75 Å². The highest BCUT2D eigenvalue weighted by Gasteiger charge is 2.51. The second-order valence-electron chi connectivity index (χ2n) is 10.2. The van der Waals surface area contributed by atoms with E-state index in [9.17, 15) is 18.4 Å². The number of carbonyl (C=O) groups excluding carboxylic acids is 1. The van der Waals surface area contributed by atoms with Crippen LogP contribution in [0, 0.1) is 0 Å². The van der Waals surface area contributed by atoms with Crippen molar-refractivity contribution < 1.29 is 28.2 Å². The maximum Gasteiger partial charge on any atom is 0.387 e. The van der Waals surface area contributed by atoms with E-state index in [2.05, 4.69) is 44.0 Å². The van der Waals surface area contributed by atoms with Gasteiger partial charge in [-0.15, -0.1) is 6.58 Å². The molecule has 1 aliphatic heterocycles. The number of rotatable bonds is 9. The molecule has 12 nitrogen and oxygen atoms in total. The molecule has 4 rings (SSSR count). The van der Waals surface area contributed by atoms with E-state index in [0.717, 1.165) is 5.56 Å². The molecule has 264 valence electrons. The number of carbonyl (C=O) groups is 2. The van der Waals surface area contributed by atoms with E-state index in [4.69, 9.17) is 46.9 Å². The first-order valence-electron chi connectivity index (χ1n) is 14.6. The normalized spacial score (nSPS) is 16.8. The summed E-state index contributed by atoms with van der Waals surface area (Å²) in [5, 5.41) is 16.2. The molecule has 1 aliphatic rings. The Labute approximate surface area is 299 Å². The van der Waals surface area contributed by atoms with Gasteiger partial charge in [0.1, 0.15) is 11.3 Å². The molecule has 10 N–H and O–H groups in total. The van der Waals surface area contributed by atoms with Crippen molar-refractivity contribution in [3.8, 4) is 5.75 Å². The van der Waals surface area contributed by atoms with E-state index in [1.807, 2.05) is 37.3 Å². The molecule has 1 fully saturated rings. The van der Waals surface area contributed by atoms with Gasteiger partial charge in [-0.25, -0.2) is 5.43 Å². The third-order valence-electron chi connectivity index (χ3n) is 6.80. The van der Waals surface area contributed by atoms with Crippen molar-refractivity contribution in [2.24, 2.45) is 11.5 Å². The first-order chi connectivity index (χ1) is 23.2. The van der Waals surface area contributed by atoms with E-state index in [0.29, 0.717) is 27.9 Å². The van der Waals surface area contributed by atoms with Crippen LogP contribution in [-0.4, -0.2) is 65.0 Å². The predicted octanol–water partition coefficient (Wildman–Crippen LogP) is 3.81. The van der Waals surface area contributed by atoms with Gasteiger partial charge in [0.25, 0.3) is 5.91 Å². The van der Waals surface area contributed by atoms with Crippen molar-refractivity contribution in [3.05, 3.63) is 108 Å². The molecule has 0 radical (unpaired) electrons. The van der Waals surface area contributed by atoms with Gasteiger partial charge >= 0.3 is 12.6 Å². The topological polar surface area (TPSA) is 179 Å². The number of hydrogen-bond acceptors (Lipinski definition) is 8. The fourth-order valence-electron chi connectivity index (χ4n) is 4.37. The molecule has 1 saturated heterocycles. The van der Waals surface area contributed by atoms with Crippen LogP contribution in [0.15, 0.2) is 91.5 Å². The van der Waals surface area contributed by atoms with Crippen molar-refractivity contribution in [3.63, 3.8) is 0 Å². The third kappa shape index (κ3) is 12.8. The number of anilines is 1. The van der Waals surface area contributed by atoms with Gasteiger partial charge in [-0.3, -0.25) is 25.4 Å². The quantitative estimate of drug-likeness (QED) is 0.0905. The highest BCUT2D eigenvalue weighted by Crippen LogP contribution is 2.41. The number of nitrogens with two attached hydrogens (primary N) is 2. The van der Waals surface area contributed by atoms with Crippen molar-refractivity contribution in [1.82, 2.24) is 26.6 Å². The minimum atomic E-state index is -2.92. The first-order valence-corrected chi connectivity index (χ1v) is 15.7. The van der Waals surface area contributed by atoms with E-state index in [1.165, 1.54) is 17.1 Å². The molecule has 49 heavy (non-hydrogen) atoms. The van der Waals surface area contributed by atoms with Crippen LogP contribution in [0.3, 0.4) is 0 Å². The number of halogens is 3. The summed E-state index contributed by atoms with van der Waals surface area (Å²) in [6.07, 6.45) is 1.74. The molecule has 0 saturated carbocycles. The summed E-state index contributed by atoms with van der Waals surface area (Å²) in [5.41, 5.74) is 19.9. The first kappa shape index (κ1) is 40.7. The van der Waals surface area contributed by atoms with Crippen molar-refractivity contribution in [2.45, 2.75) is 31.0 Å². The Morgan fingerprint density at radius 1 is 1.14 bits per heavy atom. The molecule has 17 heteroatoms. The van der Waals surface area contributed by atoms with Crippen molar-refractivity contribution in [2.75, 3.05) is 25.5 Å². The van der Waals surface area contributed by atoms with Gasteiger partial charge in [0, 0.05) is 36.3 Å². The number of alkyl halides is 2. The zero-order valence-corrected chi connectivity index (χ0v) is 29.0. The van der Waals surface area contributed by atoms with Gasteiger partial charge in [0.15, 0.2) is 10.2 Å². The Balaban J connectivity index is 0.000000386. The zero-order valence-electron chi connectivity index (χ0n) is 26.7. The molecular formula is C32H39ClF2N8O4S2. The Bertz CT molecular complexity index is 1540. The summed E-state index contributed by atoms with van der Waals surface area (Å²) >= 11 is 15.6. The van der Waals surface area contributed by atoms with E-state index < -0.39 is 18.1 Å². The number of nitrogens with zero attached hydrogens (tertiary/aromatic N) is 1. The Kier molecular flexibility index (Phi) is 16.7. The predicted molar refractivity (Wildman–Crippen MR) is 195 cm³/mol. The number of benzene rings is 3. The summed E-state index contributed by atoms with van der Waals surface area (Å²) in [6, 6.07) is 22.7. The second-order valence-corrected chi connectivity index (χ2v) is 11.5. The number of hydrazine groups is 2. The van der Waals surface area contributed by atoms with Gasteiger partial charge in [-0.1, -0.05) is 60.1 Å². The fraction of sp³-hybridized carbons (Fsp3) is 0.250. The molecule has 0 spiro atoms. The number of ether oxygens (including phenoxy) is 1. The molecular weight excluding hydrogens is 698 g/mol. The van der Waals surface area contributed by atoms with Crippen LogP contribution in [0.4, 0.5) is 14.5 Å². The zero-order chi connectivity index (χ0) is 36.6. The fourth-order valence-corrected chi connectivity index (χ4v) is 4.87. The number of amides is 1. The second kappa shape index (κ2) is 20.2. The van der Waals surface area contributed by atoms with Crippen molar-refractivity contribution >= 4 is 63.8 Å². The average Bonchev–Trinajstić information content (AvgIpc) is 3.53. The monoisotopic (exact) mass is 736 g/mol. The van der Waals surface area contributed by atoms with Crippen LogP contribution >= 0.6 is 36.0 Å². The molecule has 0 aromatic heterocycles. The summed E-state index contributed by atoms with van der Waals surface area (Å²) < 4.78 is 29.6. The van der Waals surface area contributed by atoms with E-state index in [-0.39, 0.29) is 35.3 Å². The smallest absolute Gasteiger partial charge is 0.387 e. The standard InChI is InChI=1S/C23H20ClF2N3O2.C7H14N4S2.C2H5NO2/c24-17-8-10-18(11-9-17)28-21(30)23(16-6-12-19(13-7-16)31-22(25)26)20(14-27-29-23)15-4-2-1-3-5-15;1-4-5(2)9-7(13)10-11(3)6(8)12;3-1-2(4)5/h1-13,20,22,27,29H,14H2,(H,28,30);4-5H,1H2,2-3H3,(H2,8,12)(H2,9,10,13);1,3H2,(H,4,5). The van der Waals surface area contributed by atoms with Gasteiger partial charge in [0.2, 0.25) is 0 Å². The molecule has 1 heterocycles. The minimum Gasteiger partial charge on any atom is -0.480 e. The Morgan fingerprint density at radius 2 is 1.73 bits per heavy atom. The Hall–Kier alpha value is -4.45. The number of aliphatic carboxylic acids is 1. The molecule has 3 atom stereocenters. The summed E-state index contributed by atoms with van der Waals surface area (Å²) in [5.74, 6) is -1.50. The largest absolute Gasteiger partial charge is 0.480 e. The van der Waals surface area contributed by atoms with Crippen LogP contribution in [0.25, 0.3) is 0 Å². The SMILES string of the molecule is C=CC(C)NC(=S)NN(C)C(N)=S.NCC(=O)O.O=C(Nc1ccc(Cl)cc1)C1(c2ccc(OC(F)F)cc2)NNCC1c1ccccc1. The highest BCUT2D eigenvalue weighted by molar-refractivity contribution is 7.80. The molecule has 0 aliphatic carbocycles. The number of hydrogen-bond donors (Lipinski definition) is 8. The Morgan fingerprint density at radius 3 is 2.24 bits per heavy atom. The molecule has 0 bridgehead atoms. The lowest BCUT2D eigenvalue weighted by Gasteiger charge is -2.34. The lowest BCUT2D eigenvalue weighted by Crippen LogP contribution is -2.53. The van der Waals surface area contributed by atoms with Crippen LogP contribution in [0.2, 0.25) is 5.02 Å².